The molecule has 26 heavy (non-hydrogen) atoms. The van der Waals surface area contributed by atoms with Crippen molar-refractivity contribution in [1.29, 1.82) is 0 Å². The molecular formula is C21H27N3OS. The first-order valence-electron chi connectivity index (χ1n) is 9.05. The molecule has 0 saturated carbocycles. The molecule has 0 aliphatic carbocycles. The number of benzene rings is 2. The van der Waals surface area contributed by atoms with E-state index < -0.39 is 0 Å². The van der Waals surface area contributed by atoms with Crippen LogP contribution >= 0.6 is 11.8 Å². The highest BCUT2D eigenvalue weighted by Crippen LogP contribution is 2.17. The van der Waals surface area contributed by atoms with Gasteiger partial charge in [0.05, 0.1) is 6.54 Å². The van der Waals surface area contributed by atoms with Crippen molar-refractivity contribution >= 4 is 23.4 Å². The number of rotatable bonds is 6. The van der Waals surface area contributed by atoms with Crippen molar-refractivity contribution in [2.45, 2.75) is 11.4 Å². The minimum Gasteiger partial charge on any atom is -0.369 e. The topological polar surface area (TPSA) is 26.8 Å². The van der Waals surface area contributed by atoms with Crippen LogP contribution in [0.5, 0.6) is 0 Å². The second-order valence-corrected chi connectivity index (χ2v) is 7.58. The number of thioether (sulfide) groups is 1. The van der Waals surface area contributed by atoms with Gasteiger partial charge in [-0.2, -0.15) is 0 Å². The minimum absolute atomic E-state index is 0.187. The molecule has 1 aliphatic heterocycles. The summed E-state index contributed by atoms with van der Waals surface area (Å²) in [7, 11) is 1.89. The number of piperazine rings is 1. The van der Waals surface area contributed by atoms with E-state index in [4.69, 9.17) is 0 Å². The second-order valence-electron chi connectivity index (χ2n) is 6.70. The van der Waals surface area contributed by atoms with Crippen LogP contribution in [0, 0.1) is 0 Å². The number of nitrogens with zero attached hydrogens (tertiary/aromatic N) is 3. The van der Waals surface area contributed by atoms with Crippen LogP contribution in [0.3, 0.4) is 0 Å². The summed E-state index contributed by atoms with van der Waals surface area (Å²) in [5.41, 5.74) is 2.44. The van der Waals surface area contributed by atoms with E-state index in [-0.39, 0.29) is 5.91 Å². The van der Waals surface area contributed by atoms with E-state index in [9.17, 15) is 4.79 Å². The molecule has 0 atom stereocenters. The Balaban J connectivity index is 1.46. The molecule has 1 saturated heterocycles. The number of hydrogen-bond acceptors (Lipinski definition) is 4. The van der Waals surface area contributed by atoms with Crippen LogP contribution in [0.1, 0.15) is 5.56 Å². The van der Waals surface area contributed by atoms with Crippen molar-refractivity contribution in [2.75, 3.05) is 50.9 Å². The summed E-state index contributed by atoms with van der Waals surface area (Å²) in [6.45, 7) is 4.96. The molecule has 1 amide bonds. The minimum atomic E-state index is 0.187. The van der Waals surface area contributed by atoms with Gasteiger partial charge in [0, 0.05) is 50.4 Å². The number of para-hydroxylation sites is 1. The largest absolute Gasteiger partial charge is 0.369 e. The average molecular weight is 370 g/mol. The van der Waals surface area contributed by atoms with Gasteiger partial charge in [-0.25, -0.2) is 0 Å². The molecule has 0 radical (unpaired) electrons. The normalized spacial score (nSPS) is 15.1. The molecule has 0 unspecified atom stereocenters. The van der Waals surface area contributed by atoms with E-state index in [1.165, 1.54) is 16.1 Å². The number of carbonyl (C=O) groups is 1. The lowest BCUT2D eigenvalue weighted by atomic mass is 10.2. The van der Waals surface area contributed by atoms with Gasteiger partial charge in [0.25, 0.3) is 0 Å². The summed E-state index contributed by atoms with van der Waals surface area (Å²) in [4.78, 5) is 20.3. The van der Waals surface area contributed by atoms with Crippen LogP contribution in [0.15, 0.2) is 59.5 Å². The first kappa shape index (κ1) is 18.8. The Labute approximate surface area is 160 Å². The lowest BCUT2D eigenvalue weighted by Gasteiger charge is -2.36. The fourth-order valence-electron chi connectivity index (χ4n) is 3.21. The van der Waals surface area contributed by atoms with Gasteiger partial charge in [0.2, 0.25) is 5.91 Å². The zero-order valence-corrected chi connectivity index (χ0v) is 16.4. The monoisotopic (exact) mass is 369 g/mol. The maximum absolute atomic E-state index is 12.6. The molecule has 0 N–H and O–H groups in total. The molecule has 0 spiro atoms. The summed E-state index contributed by atoms with van der Waals surface area (Å²) in [6.07, 6.45) is 2.07. The molecule has 3 rings (SSSR count). The Bertz CT molecular complexity index is 697. The fraction of sp³-hybridized carbons (Fsp3) is 0.381. The summed E-state index contributed by atoms with van der Waals surface area (Å²) in [5, 5.41) is 0. The number of carbonyl (C=O) groups excluding carboxylic acids is 1. The molecule has 2 aromatic rings. The van der Waals surface area contributed by atoms with Gasteiger partial charge in [-0.1, -0.05) is 30.3 Å². The smallest absolute Gasteiger partial charge is 0.236 e. The molecule has 1 aliphatic rings. The van der Waals surface area contributed by atoms with Crippen molar-refractivity contribution in [3.63, 3.8) is 0 Å². The van der Waals surface area contributed by atoms with Gasteiger partial charge in [0.15, 0.2) is 0 Å². The zero-order chi connectivity index (χ0) is 18.4. The van der Waals surface area contributed by atoms with E-state index in [0.717, 1.165) is 26.2 Å². The first-order chi connectivity index (χ1) is 12.7. The molecule has 1 fully saturated rings. The molecule has 0 bridgehead atoms. The van der Waals surface area contributed by atoms with Crippen molar-refractivity contribution in [3.8, 4) is 0 Å². The average Bonchev–Trinajstić information content (AvgIpc) is 2.70. The van der Waals surface area contributed by atoms with Crippen LogP contribution in [0.25, 0.3) is 0 Å². The maximum atomic E-state index is 12.6. The van der Waals surface area contributed by atoms with Crippen LogP contribution in [-0.2, 0) is 11.3 Å². The number of amides is 1. The number of likely N-dealkylation sites (N-methyl/N-ethyl adjacent to an activating group) is 1. The second kappa shape index (κ2) is 9.10. The molecule has 2 aromatic carbocycles. The lowest BCUT2D eigenvalue weighted by molar-refractivity contribution is -0.131. The third-order valence-electron chi connectivity index (χ3n) is 4.86. The molecule has 5 heteroatoms. The van der Waals surface area contributed by atoms with Gasteiger partial charge in [-0.3, -0.25) is 9.69 Å². The van der Waals surface area contributed by atoms with Gasteiger partial charge in [0.1, 0.15) is 0 Å². The van der Waals surface area contributed by atoms with E-state index in [1.54, 1.807) is 11.8 Å². The van der Waals surface area contributed by atoms with Crippen LogP contribution < -0.4 is 4.90 Å². The highest BCUT2D eigenvalue weighted by Gasteiger charge is 2.20. The van der Waals surface area contributed by atoms with Crippen molar-refractivity contribution in [2.24, 2.45) is 0 Å². The third-order valence-corrected chi connectivity index (χ3v) is 5.60. The number of anilines is 1. The standard InChI is InChI=1S/C21H27N3OS/c1-22(16-18-8-10-20(26-2)11-9-18)21(25)17-23-12-14-24(15-13-23)19-6-4-3-5-7-19/h3-11H,12-17H2,1-2H3. The molecule has 0 aromatic heterocycles. The summed E-state index contributed by atoms with van der Waals surface area (Å²) >= 11 is 1.73. The Morgan fingerprint density at radius 3 is 2.27 bits per heavy atom. The maximum Gasteiger partial charge on any atom is 0.236 e. The first-order valence-corrected chi connectivity index (χ1v) is 10.3. The highest BCUT2D eigenvalue weighted by atomic mass is 32.2. The van der Waals surface area contributed by atoms with Gasteiger partial charge >= 0.3 is 0 Å². The van der Waals surface area contributed by atoms with E-state index in [2.05, 4.69) is 64.6 Å². The Kier molecular flexibility index (Phi) is 6.58. The quantitative estimate of drug-likeness (QED) is 0.731. The third kappa shape index (κ3) is 5.02. The van der Waals surface area contributed by atoms with Crippen molar-refractivity contribution in [3.05, 3.63) is 60.2 Å². The van der Waals surface area contributed by atoms with Crippen molar-refractivity contribution in [1.82, 2.24) is 9.80 Å². The molecule has 1 heterocycles. The van der Waals surface area contributed by atoms with Gasteiger partial charge < -0.3 is 9.80 Å². The number of hydrogen-bond donors (Lipinski definition) is 0. The summed E-state index contributed by atoms with van der Waals surface area (Å²) in [5.74, 6) is 0.187. The molecular weight excluding hydrogens is 342 g/mol. The Morgan fingerprint density at radius 1 is 1.00 bits per heavy atom. The van der Waals surface area contributed by atoms with E-state index >= 15 is 0 Å². The SMILES string of the molecule is CSc1ccc(CN(C)C(=O)CN2CCN(c3ccccc3)CC2)cc1. The van der Waals surface area contributed by atoms with Gasteiger partial charge in [-0.15, -0.1) is 11.8 Å². The summed E-state index contributed by atoms with van der Waals surface area (Å²) < 4.78 is 0. The van der Waals surface area contributed by atoms with Crippen LogP contribution in [-0.4, -0.2) is 61.7 Å². The van der Waals surface area contributed by atoms with Crippen LogP contribution in [0.4, 0.5) is 5.69 Å². The zero-order valence-electron chi connectivity index (χ0n) is 15.6. The molecule has 4 nitrogen and oxygen atoms in total. The highest BCUT2D eigenvalue weighted by molar-refractivity contribution is 7.98. The lowest BCUT2D eigenvalue weighted by Crippen LogP contribution is -2.49. The van der Waals surface area contributed by atoms with Gasteiger partial charge in [-0.05, 0) is 36.1 Å². The van der Waals surface area contributed by atoms with Crippen molar-refractivity contribution < 1.29 is 4.79 Å². The fourth-order valence-corrected chi connectivity index (χ4v) is 3.62. The summed E-state index contributed by atoms with van der Waals surface area (Å²) in [6, 6.07) is 18.9. The Morgan fingerprint density at radius 2 is 1.65 bits per heavy atom. The van der Waals surface area contributed by atoms with E-state index in [0.29, 0.717) is 13.1 Å². The predicted octanol–water partition coefficient (Wildman–Crippen LogP) is 3.19. The Hall–Kier alpha value is -1.98. The van der Waals surface area contributed by atoms with Crippen LogP contribution in [0.2, 0.25) is 0 Å². The molecule has 138 valence electrons. The predicted molar refractivity (Wildman–Crippen MR) is 110 cm³/mol. The van der Waals surface area contributed by atoms with E-state index in [1.807, 2.05) is 18.0 Å².